The van der Waals surface area contributed by atoms with E-state index in [-0.39, 0.29) is 5.25 Å². The second kappa shape index (κ2) is 4.25. The standard InChI is InChI=1S/C9H13N5OS/c1-5(8-10-6(2)13-15-8)16-9-12-11-7(3)14(9)4/h5H,1-4H3/t5-/m1/s1. The van der Waals surface area contributed by atoms with Crippen LogP contribution in [-0.2, 0) is 7.05 Å². The lowest BCUT2D eigenvalue weighted by Gasteiger charge is -2.05. The minimum Gasteiger partial charge on any atom is -0.338 e. The van der Waals surface area contributed by atoms with Crippen LogP contribution in [0.3, 0.4) is 0 Å². The zero-order valence-corrected chi connectivity index (χ0v) is 10.4. The Balaban J connectivity index is 2.13. The van der Waals surface area contributed by atoms with Crippen molar-refractivity contribution in [2.45, 2.75) is 31.2 Å². The van der Waals surface area contributed by atoms with Crippen LogP contribution < -0.4 is 0 Å². The van der Waals surface area contributed by atoms with E-state index in [1.807, 2.05) is 25.5 Å². The molecule has 0 fully saturated rings. The van der Waals surface area contributed by atoms with Gasteiger partial charge in [-0.15, -0.1) is 10.2 Å². The molecule has 2 aromatic heterocycles. The molecule has 0 amide bonds. The number of thioether (sulfide) groups is 1. The molecule has 0 saturated carbocycles. The van der Waals surface area contributed by atoms with Gasteiger partial charge in [0.05, 0.1) is 5.25 Å². The fraction of sp³-hybridized carbons (Fsp3) is 0.556. The molecule has 6 nitrogen and oxygen atoms in total. The average molecular weight is 239 g/mol. The van der Waals surface area contributed by atoms with Crippen LogP contribution in [0.4, 0.5) is 0 Å². The molecule has 2 aromatic rings. The Morgan fingerprint density at radius 3 is 2.56 bits per heavy atom. The third kappa shape index (κ3) is 2.08. The Kier molecular flexibility index (Phi) is 2.95. The predicted octanol–water partition coefficient (Wildman–Crippen LogP) is 1.67. The third-order valence-corrected chi connectivity index (χ3v) is 3.35. The summed E-state index contributed by atoms with van der Waals surface area (Å²) in [5.74, 6) is 2.15. The van der Waals surface area contributed by atoms with Gasteiger partial charge in [-0.25, -0.2) is 0 Å². The Hall–Kier alpha value is -1.37. The second-order valence-corrected chi connectivity index (χ2v) is 4.84. The molecule has 7 heteroatoms. The average Bonchev–Trinajstić information content (AvgIpc) is 2.79. The van der Waals surface area contributed by atoms with E-state index >= 15 is 0 Å². The van der Waals surface area contributed by atoms with Crippen LogP contribution in [-0.4, -0.2) is 24.9 Å². The largest absolute Gasteiger partial charge is 0.338 e. The molecule has 2 rings (SSSR count). The van der Waals surface area contributed by atoms with Crippen LogP contribution in [0, 0.1) is 13.8 Å². The van der Waals surface area contributed by atoms with E-state index in [0.717, 1.165) is 11.0 Å². The topological polar surface area (TPSA) is 69.6 Å². The highest BCUT2D eigenvalue weighted by Gasteiger charge is 2.17. The van der Waals surface area contributed by atoms with Crippen molar-refractivity contribution < 1.29 is 4.52 Å². The maximum absolute atomic E-state index is 5.11. The molecule has 16 heavy (non-hydrogen) atoms. The highest BCUT2D eigenvalue weighted by atomic mass is 32.2. The number of nitrogens with zero attached hydrogens (tertiary/aromatic N) is 5. The van der Waals surface area contributed by atoms with E-state index in [2.05, 4.69) is 20.3 Å². The summed E-state index contributed by atoms with van der Waals surface area (Å²) in [7, 11) is 1.93. The fourth-order valence-electron chi connectivity index (χ4n) is 1.18. The Bertz CT molecular complexity index is 492. The van der Waals surface area contributed by atoms with Crippen LogP contribution in [0.1, 0.15) is 29.7 Å². The molecule has 0 aliphatic carbocycles. The second-order valence-electron chi connectivity index (χ2n) is 3.53. The van der Waals surface area contributed by atoms with Gasteiger partial charge >= 0.3 is 0 Å². The first-order chi connectivity index (χ1) is 7.58. The number of rotatable bonds is 3. The summed E-state index contributed by atoms with van der Waals surface area (Å²) in [5, 5.41) is 12.8. The summed E-state index contributed by atoms with van der Waals surface area (Å²) in [6.07, 6.45) is 0. The lowest BCUT2D eigenvalue weighted by molar-refractivity contribution is 0.376. The minimum atomic E-state index is 0.0727. The van der Waals surface area contributed by atoms with Crippen LogP contribution in [0.25, 0.3) is 0 Å². The molecule has 1 atom stereocenters. The van der Waals surface area contributed by atoms with Crippen molar-refractivity contribution in [1.82, 2.24) is 24.9 Å². The van der Waals surface area contributed by atoms with Crippen LogP contribution >= 0.6 is 11.8 Å². The first kappa shape index (κ1) is 11.1. The van der Waals surface area contributed by atoms with Gasteiger partial charge < -0.3 is 9.09 Å². The molecule has 0 aromatic carbocycles. The highest BCUT2D eigenvalue weighted by molar-refractivity contribution is 7.99. The van der Waals surface area contributed by atoms with Gasteiger partial charge in [0.2, 0.25) is 5.89 Å². The third-order valence-electron chi connectivity index (χ3n) is 2.23. The lowest BCUT2D eigenvalue weighted by Crippen LogP contribution is -1.96. The fourth-order valence-corrected chi connectivity index (χ4v) is 2.07. The maximum atomic E-state index is 5.11. The normalized spacial score (nSPS) is 13.0. The molecule has 0 N–H and O–H groups in total. The number of aromatic nitrogens is 5. The van der Waals surface area contributed by atoms with E-state index in [9.17, 15) is 0 Å². The van der Waals surface area contributed by atoms with Gasteiger partial charge in [-0.1, -0.05) is 16.9 Å². The number of aryl methyl sites for hydroxylation is 2. The van der Waals surface area contributed by atoms with Gasteiger partial charge in [0.25, 0.3) is 0 Å². The van der Waals surface area contributed by atoms with E-state index in [1.165, 1.54) is 0 Å². The van der Waals surface area contributed by atoms with Crippen molar-refractivity contribution in [3.63, 3.8) is 0 Å². The molecule has 2 heterocycles. The zero-order valence-electron chi connectivity index (χ0n) is 9.63. The maximum Gasteiger partial charge on any atom is 0.239 e. The van der Waals surface area contributed by atoms with Crippen LogP contribution in [0.2, 0.25) is 0 Å². The Labute approximate surface area is 97.4 Å². The zero-order chi connectivity index (χ0) is 11.7. The van der Waals surface area contributed by atoms with E-state index in [4.69, 9.17) is 4.52 Å². The van der Waals surface area contributed by atoms with E-state index in [0.29, 0.717) is 11.7 Å². The quantitative estimate of drug-likeness (QED) is 0.759. The lowest BCUT2D eigenvalue weighted by atomic mass is 10.5. The SMILES string of the molecule is Cc1noc([C@@H](C)Sc2nnc(C)n2C)n1. The Morgan fingerprint density at radius 1 is 1.31 bits per heavy atom. The van der Waals surface area contributed by atoms with Gasteiger partial charge in [0, 0.05) is 7.05 Å². The highest BCUT2D eigenvalue weighted by Crippen LogP contribution is 2.32. The van der Waals surface area contributed by atoms with Crippen molar-refractivity contribution in [1.29, 1.82) is 0 Å². The predicted molar refractivity (Wildman–Crippen MR) is 59.0 cm³/mol. The van der Waals surface area contributed by atoms with Crippen molar-refractivity contribution in [2.24, 2.45) is 7.05 Å². The molecule has 0 saturated heterocycles. The number of hydrogen-bond donors (Lipinski definition) is 0. The molecular weight excluding hydrogens is 226 g/mol. The summed E-state index contributed by atoms with van der Waals surface area (Å²) in [6.45, 7) is 5.72. The summed E-state index contributed by atoms with van der Waals surface area (Å²) in [6, 6.07) is 0. The first-order valence-electron chi connectivity index (χ1n) is 4.91. The summed E-state index contributed by atoms with van der Waals surface area (Å²) >= 11 is 1.55. The Morgan fingerprint density at radius 2 is 2.06 bits per heavy atom. The number of hydrogen-bond acceptors (Lipinski definition) is 6. The molecule has 0 spiro atoms. The van der Waals surface area contributed by atoms with E-state index in [1.54, 1.807) is 18.7 Å². The molecule has 0 aliphatic heterocycles. The van der Waals surface area contributed by atoms with Gasteiger partial charge in [0.1, 0.15) is 5.82 Å². The summed E-state index contributed by atoms with van der Waals surface area (Å²) < 4.78 is 7.04. The molecule has 0 bridgehead atoms. The monoisotopic (exact) mass is 239 g/mol. The summed E-state index contributed by atoms with van der Waals surface area (Å²) in [4.78, 5) is 4.19. The summed E-state index contributed by atoms with van der Waals surface area (Å²) in [5.41, 5.74) is 0. The van der Waals surface area contributed by atoms with Crippen molar-refractivity contribution in [3.05, 3.63) is 17.5 Å². The van der Waals surface area contributed by atoms with Crippen molar-refractivity contribution in [2.75, 3.05) is 0 Å². The molecule has 0 aliphatic rings. The van der Waals surface area contributed by atoms with E-state index < -0.39 is 0 Å². The smallest absolute Gasteiger partial charge is 0.239 e. The molecule has 0 radical (unpaired) electrons. The molecular formula is C9H13N5OS. The van der Waals surface area contributed by atoms with Crippen LogP contribution in [0.5, 0.6) is 0 Å². The first-order valence-corrected chi connectivity index (χ1v) is 5.78. The van der Waals surface area contributed by atoms with Gasteiger partial charge in [-0.2, -0.15) is 4.98 Å². The molecule has 0 unspecified atom stereocenters. The van der Waals surface area contributed by atoms with Crippen LogP contribution in [0.15, 0.2) is 9.68 Å². The van der Waals surface area contributed by atoms with Crippen molar-refractivity contribution in [3.8, 4) is 0 Å². The van der Waals surface area contributed by atoms with Gasteiger partial charge in [-0.05, 0) is 20.8 Å². The molecule has 86 valence electrons. The van der Waals surface area contributed by atoms with Gasteiger partial charge in [0.15, 0.2) is 11.0 Å². The van der Waals surface area contributed by atoms with Crippen molar-refractivity contribution >= 4 is 11.8 Å². The van der Waals surface area contributed by atoms with Gasteiger partial charge in [-0.3, -0.25) is 0 Å². The minimum absolute atomic E-state index is 0.0727.